The summed E-state index contributed by atoms with van der Waals surface area (Å²) in [6, 6.07) is 0. The molecule has 1 atom stereocenters. The van der Waals surface area contributed by atoms with E-state index >= 15 is 0 Å². The summed E-state index contributed by atoms with van der Waals surface area (Å²) in [6.07, 6.45) is 3.75. The Kier molecular flexibility index (Phi) is 25.3. The van der Waals surface area contributed by atoms with Gasteiger partial charge >= 0.3 is 5.97 Å². The Balaban J connectivity index is -0.000000919. The number of hydrogen-bond donors (Lipinski definition) is 1. The van der Waals surface area contributed by atoms with Gasteiger partial charge in [0.25, 0.3) is 0 Å². The molecule has 1 N–H and O–H groups in total. The van der Waals surface area contributed by atoms with E-state index in [2.05, 4.69) is 25.7 Å². The maximum absolute atomic E-state index is 11.2. The van der Waals surface area contributed by atoms with Crippen LogP contribution in [0.2, 0.25) is 0 Å². The van der Waals surface area contributed by atoms with Crippen LogP contribution >= 0.6 is 0 Å². The standard InChI is InChI=1S/C15H31NO3.2C2H6/c1-5-6-9-19-10-7-8-14(15(17)18)12-16(4)11-13(2)3;2*1-2/h13-14H,5-12H2,1-4H3,(H,17,18);2*1-2H3. The molecule has 0 fully saturated rings. The summed E-state index contributed by atoms with van der Waals surface area (Å²) in [5.41, 5.74) is 0. The molecule has 0 aromatic heterocycles. The maximum Gasteiger partial charge on any atom is 0.307 e. The Morgan fingerprint density at radius 3 is 2.00 bits per heavy atom. The fourth-order valence-electron chi connectivity index (χ4n) is 2.15. The van der Waals surface area contributed by atoms with Gasteiger partial charge in [0.1, 0.15) is 0 Å². The zero-order valence-corrected chi connectivity index (χ0v) is 17.0. The molecule has 0 bridgehead atoms. The topological polar surface area (TPSA) is 49.8 Å². The van der Waals surface area contributed by atoms with Gasteiger partial charge in [-0.05, 0) is 32.2 Å². The third-order valence-corrected chi connectivity index (χ3v) is 3.04. The van der Waals surface area contributed by atoms with E-state index in [9.17, 15) is 9.90 Å². The van der Waals surface area contributed by atoms with Gasteiger partial charge in [-0.3, -0.25) is 4.79 Å². The SMILES string of the molecule is CC.CC.CCCCOCCCC(CN(C)CC(C)C)C(=O)O. The molecule has 0 saturated carbocycles. The molecule has 4 heteroatoms. The summed E-state index contributed by atoms with van der Waals surface area (Å²) in [5.74, 6) is -0.403. The van der Waals surface area contributed by atoms with Crippen molar-refractivity contribution in [3.63, 3.8) is 0 Å². The van der Waals surface area contributed by atoms with Crippen molar-refractivity contribution in [3.8, 4) is 0 Å². The van der Waals surface area contributed by atoms with Crippen molar-refractivity contribution in [2.24, 2.45) is 11.8 Å². The van der Waals surface area contributed by atoms with Crippen LogP contribution in [0.15, 0.2) is 0 Å². The molecular formula is C19H43NO3. The largest absolute Gasteiger partial charge is 0.481 e. The normalized spacial score (nSPS) is 11.4. The van der Waals surface area contributed by atoms with E-state index in [-0.39, 0.29) is 5.92 Å². The molecule has 0 aliphatic heterocycles. The monoisotopic (exact) mass is 333 g/mol. The lowest BCUT2D eigenvalue weighted by atomic mass is 10.0. The Morgan fingerprint density at radius 1 is 1.04 bits per heavy atom. The molecule has 23 heavy (non-hydrogen) atoms. The van der Waals surface area contributed by atoms with Crippen LogP contribution in [-0.4, -0.2) is 49.3 Å². The molecule has 0 aliphatic rings. The van der Waals surface area contributed by atoms with E-state index in [0.717, 1.165) is 32.4 Å². The summed E-state index contributed by atoms with van der Waals surface area (Å²) >= 11 is 0. The minimum Gasteiger partial charge on any atom is -0.481 e. The smallest absolute Gasteiger partial charge is 0.307 e. The Bertz CT molecular complexity index is 233. The van der Waals surface area contributed by atoms with Crippen LogP contribution < -0.4 is 0 Å². The van der Waals surface area contributed by atoms with E-state index in [1.54, 1.807) is 0 Å². The van der Waals surface area contributed by atoms with Gasteiger partial charge < -0.3 is 14.7 Å². The zero-order valence-electron chi connectivity index (χ0n) is 17.0. The van der Waals surface area contributed by atoms with Crippen LogP contribution in [0.1, 0.15) is 74.1 Å². The number of ether oxygens (including phenoxy) is 1. The molecule has 0 radical (unpaired) electrons. The Morgan fingerprint density at radius 2 is 1.57 bits per heavy atom. The second-order valence-corrected chi connectivity index (χ2v) is 5.76. The zero-order chi connectivity index (χ0) is 18.7. The number of carboxylic acid groups (broad SMARTS) is 1. The van der Waals surface area contributed by atoms with Crippen molar-refractivity contribution in [1.82, 2.24) is 4.90 Å². The van der Waals surface area contributed by atoms with Crippen LogP contribution in [0.3, 0.4) is 0 Å². The highest BCUT2D eigenvalue weighted by atomic mass is 16.5. The lowest BCUT2D eigenvalue weighted by Gasteiger charge is -2.23. The van der Waals surface area contributed by atoms with Gasteiger partial charge in [-0.25, -0.2) is 0 Å². The summed E-state index contributed by atoms with van der Waals surface area (Å²) < 4.78 is 5.47. The first-order valence-electron chi connectivity index (χ1n) is 9.46. The molecule has 0 aromatic carbocycles. The predicted molar refractivity (Wildman–Crippen MR) is 101 cm³/mol. The molecule has 142 valence electrons. The van der Waals surface area contributed by atoms with E-state index < -0.39 is 5.97 Å². The quantitative estimate of drug-likeness (QED) is 0.515. The number of nitrogens with zero attached hydrogens (tertiary/aromatic N) is 1. The fraction of sp³-hybridized carbons (Fsp3) is 0.947. The molecule has 0 aliphatic carbocycles. The minimum absolute atomic E-state index is 0.279. The fourth-order valence-corrected chi connectivity index (χ4v) is 2.15. The second-order valence-electron chi connectivity index (χ2n) is 5.76. The molecule has 0 heterocycles. The van der Waals surface area contributed by atoms with Gasteiger partial charge in [-0.1, -0.05) is 54.9 Å². The first-order chi connectivity index (χ1) is 11.0. The summed E-state index contributed by atoms with van der Waals surface area (Å²) in [5, 5.41) is 9.23. The van der Waals surface area contributed by atoms with E-state index in [0.29, 0.717) is 25.5 Å². The van der Waals surface area contributed by atoms with Crippen LogP contribution in [0.5, 0.6) is 0 Å². The van der Waals surface area contributed by atoms with Crippen LogP contribution in [0.4, 0.5) is 0 Å². The van der Waals surface area contributed by atoms with Crippen molar-refractivity contribution in [3.05, 3.63) is 0 Å². The van der Waals surface area contributed by atoms with E-state index in [4.69, 9.17) is 4.74 Å². The molecule has 0 amide bonds. The lowest BCUT2D eigenvalue weighted by Crippen LogP contribution is -2.33. The number of carbonyl (C=O) groups is 1. The molecule has 0 aromatic rings. The Hall–Kier alpha value is -0.610. The molecule has 4 nitrogen and oxygen atoms in total. The first-order valence-corrected chi connectivity index (χ1v) is 9.46. The number of aliphatic carboxylic acids is 1. The molecular weight excluding hydrogens is 290 g/mol. The van der Waals surface area contributed by atoms with Crippen LogP contribution in [0, 0.1) is 11.8 Å². The van der Waals surface area contributed by atoms with Crippen LogP contribution in [0.25, 0.3) is 0 Å². The summed E-state index contributed by atoms with van der Waals surface area (Å²) in [4.78, 5) is 13.3. The molecule has 0 spiro atoms. The first kappa shape index (κ1) is 27.2. The van der Waals surface area contributed by atoms with Crippen molar-refractivity contribution in [2.75, 3.05) is 33.4 Å². The van der Waals surface area contributed by atoms with Gasteiger partial charge in [-0.2, -0.15) is 0 Å². The number of hydrogen-bond acceptors (Lipinski definition) is 3. The molecule has 1 unspecified atom stereocenters. The predicted octanol–water partition coefficient (Wildman–Crippen LogP) is 4.92. The Labute approximate surface area is 145 Å². The highest BCUT2D eigenvalue weighted by Crippen LogP contribution is 2.10. The average Bonchev–Trinajstić information content (AvgIpc) is 2.52. The van der Waals surface area contributed by atoms with Gasteiger partial charge in [0.2, 0.25) is 0 Å². The highest BCUT2D eigenvalue weighted by molar-refractivity contribution is 5.70. The van der Waals surface area contributed by atoms with Crippen LogP contribution in [-0.2, 0) is 9.53 Å². The third-order valence-electron chi connectivity index (χ3n) is 3.04. The maximum atomic E-state index is 11.2. The lowest BCUT2D eigenvalue weighted by molar-refractivity contribution is -0.142. The van der Waals surface area contributed by atoms with Crippen molar-refractivity contribution >= 4 is 5.97 Å². The number of rotatable bonds is 12. The minimum atomic E-state index is -0.691. The summed E-state index contributed by atoms with van der Waals surface area (Å²) in [7, 11) is 1.99. The van der Waals surface area contributed by atoms with Gasteiger partial charge in [-0.15, -0.1) is 0 Å². The van der Waals surface area contributed by atoms with E-state index in [1.165, 1.54) is 0 Å². The third kappa shape index (κ3) is 21.4. The van der Waals surface area contributed by atoms with Gasteiger partial charge in [0, 0.05) is 26.3 Å². The molecule has 0 saturated heterocycles. The highest BCUT2D eigenvalue weighted by Gasteiger charge is 2.19. The average molecular weight is 334 g/mol. The number of carboxylic acids is 1. The van der Waals surface area contributed by atoms with Crippen molar-refractivity contribution in [2.45, 2.75) is 74.1 Å². The van der Waals surface area contributed by atoms with E-state index in [1.807, 2.05) is 34.7 Å². The van der Waals surface area contributed by atoms with Crippen molar-refractivity contribution < 1.29 is 14.6 Å². The van der Waals surface area contributed by atoms with Gasteiger partial charge in [0.15, 0.2) is 0 Å². The van der Waals surface area contributed by atoms with Gasteiger partial charge in [0.05, 0.1) is 5.92 Å². The number of unbranched alkanes of at least 4 members (excludes halogenated alkanes) is 1. The second kappa shape index (κ2) is 21.4. The van der Waals surface area contributed by atoms with Crippen molar-refractivity contribution in [1.29, 1.82) is 0 Å². The summed E-state index contributed by atoms with van der Waals surface area (Å²) in [6.45, 7) is 17.5. The molecule has 0 rings (SSSR count).